The molecule has 5 heteroatoms. The molecule has 0 N–H and O–H groups in total. The zero-order valence-electron chi connectivity index (χ0n) is 10.6. The van der Waals surface area contributed by atoms with Gasteiger partial charge in [-0.05, 0) is 23.3 Å². The quantitative estimate of drug-likeness (QED) is 0.618. The van der Waals surface area contributed by atoms with Gasteiger partial charge in [0.25, 0.3) is 0 Å². The van der Waals surface area contributed by atoms with E-state index in [-0.39, 0.29) is 12.2 Å². The van der Waals surface area contributed by atoms with Gasteiger partial charge in [-0.2, -0.15) is 0 Å². The number of esters is 2. The molecule has 100 valence electrons. The Hall–Kier alpha value is -2.17. The summed E-state index contributed by atoms with van der Waals surface area (Å²) in [7, 11) is 2.45. The lowest BCUT2D eigenvalue weighted by Crippen LogP contribution is -2.28. The molecule has 1 aromatic rings. The van der Waals surface area contributed by atoms with Crippen LogP contribution in [0.1, 0.15) is 12.0 Å². The minimum absolute atomic E-state index is 0.268. The van der Waals surface area contributed by atoms with E-state index in [1.54, 1.807) is 18.2 Å². The Kier molecular flexibility index (Phi) is 3.38. The third-order valence-corrected chi connectivity index (χ3v) is 3.16. The molecule has 2 rings (SSSR count). The molecule has 1 aliphatic rings. The molecular formula is C14H13FO4. The minimum Gasteiger partial charge on any atom is -0.468 e. The molecule has 1 fully saturated rings. The van der Waals surface area contributed by atoms with Gasteiger partial charge in [-0.15, -0.1) is 0 Å². The number of carbonyl (C=O) groups excluding carboxylic acids is 2. The Morgan fingerprint density at radius 1 is 1.16 bits per heavy atom. The van der Waals surface area contributed by atoms with Gasteiger partial charge in [0, 0.05) is 6.42 Å². The van der Waals surface area contributed by atoms with Crippen LogP contribution < -0.4 is 0 Å². The Morgan fingerprint density at radius 2 is 1.68 bits per heavy atom. The van der Waals surface area contributed by atoms with E-state index in [2.05, 4.69) is 9.47 Å². The summed E-state index contributed by atoms with van der Waals surface area (Å²) in [6.45, 7) is 0. The summed E-state index contributed by atoms with van der Waals surface area (Å²) in [5.41, 5.74) is 0.00150. The number of benzene rings is 1. The molecule has 0 radical (unpaired) electrons. The van der Waals surface area contributed by atoms with Crippen LogP contribution in [0.2, 0.25) is 0 Å². The van der Waals surface area contributed by atoms with E-state index in [0.717, 1.165) is 0 Å². The standard InChI is InChI=1S/C14H13FO4/c1-18-12(16)14(13(17)19-2)8-10(14)7-9-3-5-11(15)6-4-9/h3-7H,8H2,1-2H3/b10-7+. The molecule has 19 heavy (non-hydrogen) atoms. The highest BCUT2D eigenvalue weighted by Crippen LogP contribution is 2.54. The molecule has 0 unspecified atom stereocenters. The first kappa shape index (κ1) is 13.3. The van der Waals surface area contributed by atoms with Crippen molar-refractivity contribution in [1.82, 2.24) is 0 Å². The first-order valence-electron chi connectivity index (χ1n) is 5.68. The third kappa shape index (κ3) is 2.23. The summed E-state index contributed by atoms with van der Waals surface area (Å²) in [6.07, 6.45) is 1.94. The molecule has 4 nitrogen and oxygen atoms in total. The zero-order valence-corrected chi connectivity index (χ0v) is 10.6. The SMILES string of the molecule is COC(=O)C1(C(=O)OC)C/C1=C\c1ccc(F)cc1. The van der Waals surface area contributed by atoms with Crippen molar-refractivity contribution in [2.75, 3.05) is 14.2 Å². The average molecular weight is 264 g/mol. The molecule has 0 saturated heterocycles. The molecule has 0 aliphatic heterocycles. The zero-order chi connectivity index (χ0) is 14.0. The van der Waals surface area contributed by atoms with E-state index in [1.807, 2.05) is 0 Å². The maximum Gasteiger partial charge on any atom is 0.327 e. The Balaban J connectivity index is 2.30. The highest BCUT2D eigenvalue weighted by Gasteiger charge is 2.64. The maximum atomic E-state index is 12.8. The van der Waals surface area contributed by atoms with E-state index in [9.17, 15) is 14.0 Å². The first-order valence-corrected chi connectivity index (χ1v) is 5.68. The van der Waals surface area contributed by atoms with Crippen molar-refractivity contribution in [1.29, 1.82) is 0 Å². The molecule has 0 atom stereocenters. The Bertz CT molecular complexity index is 529. The number of halogens is 1. The molecule has 1 aromatic carbocycles. The van der Waals surface area contributed by atoms with Gasteiger partial charge in [-0.3, -0.25) is 9.59 Å². The highest BCUT2D eigenvalue weighted by atomic mass is 19.1. The van der Waals surface area contributed by atoms with Gasteiger partial charge in [0.2, 0.25) is 0 Å². The van der Waals surface area contributed by atoms with Gasteiger partial charge in [0.05, 0.1) is 14.2 Å². The van der Waals surface area contributed by atoms with E-state index >= 15 is 0 Å². The fraction of sp³-hybridized carbons (Fsp3) is 0.286. The summed E-state index contributed by atoms with van der Waals surface area (Å²) in [5, 5.41) is 0. The summed E-state index contributed by atoms with van der Waals surface area (Å²) in [4.78, 5) is 23.5. The van der Waals surface area contributed by atoms with Crippen molar-refractivity contribution in [3.05, 3.63) is 41.2 Å². The molecule has 0 aromatic heterocycles. The van der Waals surface area contributed by atoms with Gasteiger partial charge in [0.1, 0.15) is 5.82 Å². The summed E-state index contributed by atoms with van der Waals surface area (Å²) in [5.74, 6) is -1.61. The highest BCUT2D eigenvalue weighted by molar-refractivity contribution is 6.10. The van der Waals surface area contributed by atoms with Crippen LogP contribution in [0, 0.1) is 11.2 Å². The lowest BCUT2D eigenvalue weighted by atomic mass is 10.1. The molecular weight excluding hydrogens is 251 g/mol. The van der Waals surface area contributed by atoms with Crippen molar-refractivity contribution in [2.24, 2.45) is 5.41 Å². The van der Waals surface area contributed by atoms with Crippen LogP contribution in [-0.4, -0.2) is 26.2 Å². The van der Waals surface area contributed by atoms with Crippen molar-refractivity contribution >= 4 is 18.0 Å². The first-order chi connectivity index (χ1) is 9.04. The predicted molar refractivity (Wildman–Crippen MR) is 65.5 cm³/mol. The number of hydrogen-bond acceptors (Lipinski definition) is 4. The number of ether oxygens (including phenoxy) is 2. The summed E-state index contributed by atoms with van der Waals surface area (Å²) in [6, 6.07) is 5.76. The number of rotatable bonds is 3. The van der Waals surface area contributed by atoms with Crippen molar-refractivity contribution < 1.29 is 23.5 Å². The molecule has 0 bridgehead atoms. The number of methoxy groups -OCH3 is 2. The second-order valence-electron chi connectivity index (χ2n) is 4.29. The van der Waals surface area contributed by atoms with Crippen LogP contribution in [0.3, 0.4) is 0 Å². The van der Waals surface area contributed by atoms with E-state index in [1.165, 1.54) is 26.4 Å². The van der Waals surface area contributed by atoms with E-state index < -0.39 is 17.4 Å². The van der Waals surface area contributed by atoms with Crippen molar-refractivity contribution in [3.8, 4) is 0 Å². The Morgan fingerprint density at radius 3 is 2.16 bits per heavy atom. The van der Waals surface area contributed by atoms with Crippen LogP contribution in [0.4, 0.5) is 4.39 Å². The van der Waals surface area contributed by atoms with Gasteiger partial charge in [-0.25, -0.2) is 4.39 Å². The third-order valence-electron chi connectivity index (χ3n) is 3.16. The largest absolute Gasteiger partial charge is 0.468 e. The van der Waals surface area contributed by atoms with Gasteiger partial charge in [-0.1, -0.05) is 18.2 Å². The summed E-state index contributed by atoms with van der Waals surface area (Å²) < 4.78 is 22.1. The molecule has 0 spiro atoms. The summed E-state index contributed by atoms with van der Waals surface area (Å²) >= 11 is 0. The van der Waals surface area contributed by atoms with Crippen LogP contribution in [-0.2, 0) is 19.1 Å². The van der Waals surface area contributed by atoms with Crippen LogP contribution in [0.25, 0.3) is 6.08 Å². The molecule has 1 saturated carbocycles. The normalized spacial score (nSPS) is 17.9. The van der Waals surface area contributed by atoms with Gasteiger partial charge >= 0.3 is 11.9 Å². The molecule has 0 heterocycles. The van der Waals surface area contributed by atoms with E-state index in [0.29, 0.717) is 11.1 Å². The minimum atomic E-state index is -1.32. The predicted octanol–water partition coefficient (Wildman–Crippen LogP) is 1.95. The van der Waals surface area contributed by atoms with Crippen LogP contribution in [0.15, 0.2) is 29.8 Å². The monoisotopic (exact) mass is 264 g/mol. The second-order valence-corrected chi connectivity index (χ2v) is 4.29. The van der Waals surface area contributed by atoms with Gasteiger partial charge in [0.15, 0.2) is 5.41 Å². The Labute approximate surface area is 109 Å². The lowest BCUT2D eigenvalue weighted by molar-refractivity contribution is -0.160. The second kappa shape index (κ2) is 4.84. The van der Waals surface area contributed by atoms with Crippen molar-refractivity contribution in [2.45, 2.75) is 6.42 Å². The fourth-order valence-corrected chi connectivity index (χ4v) is 2.01. The molecule has 0 amide bonds. The van der Waals surface area contributed by atoms with Crippen LogP contribution in [0.5, 0.6) is 0 Å². The fourth-order valence-electron chi connectivity index (χ4n) is 2.01. The van der Waals surface area contributed by atoms with Gasteiger partial charge < -0.3 is 9.47 Å². The number of hydrogen-bond donors (Lipinski definition) is 0. The number of carbonyl (C=O) groups is 2. The van der Waals surface area contributed by atoms with Crippen molar-refractivity contribution in [3.63, 3.8) is 0 Å². The smallest absolute Gasteiger partial charge is 0.327 e. The maximum absolute atomic E-state index is 12.8. The van der Waals surface area contributed by atoms with E-state index in [4.69, 9.17) is 0 Å². The average Bonchev–Trinajstić information content (AvgIpc) is 3.15. The topological polar surface area (TPSA) is 52.6 Å². The lowest BCUT2D eigenvalue weighted by Gasteiger charge is -2.09. The van der Waals surface area contributed by atoms with Crippen LogP contribution >= 0.6 is 0 Å². The molecule has 1 aliphatic carbocycles.